The topological polar surface area (TPSA) is 59.2 Å². The van der Waals surface area contributed by atoms with E-state index >= 15 is 0 Å². The monoisotopic (exact) mass is 251 g/mol. The molecule has 1 fully saturated rings. The van der Waals surface area contributed by atoms with E-state index in [1.807, 2.05) is 22.7 Å². The average molecular weight is 251 g/mol. The molecule has 4 nitrogen and oxygen atoms in total. The molecule has 0 radical (unpaired) electrons. The summed E-state index contributed by atoms with van der Waals surface area (Å²) in [4.78, 5) is 18.2. The molecule has 2 heterocycles. The molecule has 0 saturated carbocycles. The maximum Gasteiger partial charge on any atom is 0.228 e. The Kier molecular flexibility index (Phi) is 4.25. The number of thioether (sulfide) groups is 1. The summed E-state index contributed by atoms with van der Waals surface area (Å²) in [7, 11) is 0. The van der Waals surface area contributed by atoms with Gasteiger partial charge in [0.25, 0.3) is 0 Å². The van der Waals surface area contributed by atoms with Gasteiger partial charge in [0.1, 0.15) is 0 Å². The first kappa shape index (κ1) is 12.2. The highest BCUT2D eigenvalue weighted by molar-refractivity contribution is 7.99. The number of nitrogens with zero attached hydrogens (tertiary/aromatic N) is 2. The summed E-state index contributed by atoms with van der Waals surface area (Å²) in [5.41, 5.74) is 6.98. The smallest absolute Gasteiger partial charge is 0.228 e. The number of nitrogens with two attached hydrogens (primary N) is 1. The van der Waals surface area contributed by atoms with Crippen LogP contribution < -0.4 is 5.73 Å². The molecule has 5 heteroatoms. The number of amides is 1. The van der Waals surface area contributed by atoms with E-state index in [4.69, 9.17) is 5.73 Å². The van der Waals surface area contributed by atoms with E-state index in [9.17, 15) is 4.79 Å². The molecular formula is C12H17N3OS. The molecule has 17 heavy (non-hydrogen) atoms. The zero-order valence-corrected chi connectivity index (χ0v) is 10.6. The van der Waals surface area contributed by atoms with Crippen LogP contribution in [0.4, 0.5) is 5.69 Å². The van der Waals surface area contributed by atoms with E-state index in [1.54, 1.807) is 12.3 Å². The van der Waals surface area contributed by atoms with E-state index in [2.05, 4.69) is 4.98 Å². The van der Waals surface area contributed by atoms with Crippen molar-refractivity contribution in [1.82, 2.24) is 9.88 Å². The number of carbonyl (C=O) groups excluding carboxylic acids is 1. The zero-order chi connectivity index (χ0) is 12.1. The Morgan fingerprint density at radius 2 is 2.29 bits per heavy atom. The maximum atomic E-state index is 12.1. The largest absolute Gasteiger partial charge is 0.397 e. The zero-order valence-electron chi connectivity index (χ0n) is 9.76. The van der Waals surface area contributed by atoms with E-state index in [0.29, 0.717) is 12.1 Å². The van der Waals surface area contributed by atoms with Crippen molar-refractivity contribution in [1.29, 1.82) is 0 Å². The lowest BCUT2D eigenvalue weighted by Gasteiger charge is -2.19. The molecule has 0 unspecified atom stereocenters. The molecule has 0 spiro atoms. The van der Waals surface area contributed by atoms with Gasteiger partial charge in [-0.1, -0.05) is 0 Å². The first-order valence-corrected chi connectivity index (χ1v) is 6.97. The highest BCUT2D eigenvalue weighted by Gasteiger charge is 2.16. The van der Waals surface area contributed by atoms with Crippen LogP contribution in [0.25, 0.3) is 0 Å². The van der Waals surface area contributed by atoms with Gasteiger partial charge in [0, 0.05) is 24.5 Å². The summed E-state index contributed by atoms with van der Waals surface area (Å²) in [5, 5.41) is 0. The van der Waals surface area contributed by atoms with E-state index < -0.39 is 0 Å². The highest BCUT2D eigenvalue weighted by atomic mass is 32.2. The molecule has 0 bridgehead atoms. The Morgan fingerprint density at radius 1 is 1.41 bits per heavy atom. The van der Waals surface area contributed by atoms with Gasteiger partial charge < -0.3 is 10.6 Å². The fourth-order valence-corrected chi connectivity index (χ4v) is 2.69. The number of aromatic nitrogens is 1. The van der Waals surface area contributed by atoms with Gasteiger partial charge in [0.2, 0.25) is 5.91 Å². The van der Waals surface area contributed by atoms with Crippen molar-refractivity contribution >= 4 is 23.4 Å². The van der Waals surface area contributed by atoms with Crippen LogP contribution >= 0.6 is 11.8 Å². The summed E-state index contributed by atoms with van der Waals surface area (Å²) in [6.07, 6.45) is 3.07. The Balaban J connectivity index is 1.93. The maximum absolute atomic E-state index is 12.1. The van der Waals surface area contributed by atoms with Crippen molar-refractivity contribution in [2.24, 2.45) is 0 Å². The molecule has 1 aliphatic heterocycles. The Bertz CT molecular complexity index is 372. The predicted molar refractivity (Wildman–Crippen MR) is 70.9 cm³/mol. The van der Waals surface area contributed by atoms with Crippen molar-refractivity contribution in [3.05, 3.63) is 24.0 Å². The van der Waals surface area contributed by atoms with Crippen LogP contribution in [0.1, 0.15) is 12.1 Å². The first-order chi connectivity index (χ1) is 8.25. The summed E-state index contributed by atoms with van der Waals surface area (Å²) in [5.74, 6) is 2.37. The molecule has 92 valence electrons. The number of carbonyl (C=O) groups is 1. The first-order valence-electron chi connectivity index (χ1n) is 5.81. The van der Waals surface area contributed by atoms with Gasteiger partial charge in [-0.25, -0.2) is 0 Å². The SMILES string of the molecule is Nc1ccc(CC(=O)N2CCCSCC2)nc1. The molecule has 0 aromatic carbocycles. The van der Waals surface area contributed by atoms with Crippen molar-refractivity contribution in [3.63, 3.8) is 0 Å². The minimum Gasteiger partial charge on any atom is -0.397 e. The number of anilines is 1. The van der Waals surface area contributed by atoms with Gasteiger partial charge in [0.15, 0.2) is 0 Å². The summed E-state index contributed by atoms with van der Waals surface area (Å²) >= 11 is 1.92. The second-order valence-corrected chi connectivity index (χ2v) is 5.33. The standard InChI is InChI=1S/C12H17N3OS/c13-10-2-3-11(14-9-10)8-12(16)15-4-1-6-17-7-5-15/h2-3,9H,1,4-8,13H2. The fourth-order valence-electron chi connectivity index (χ4n) is 1.80. The summed E-state index contributed by atoms with van der Waals surface area (Å²) < 4.78 is 0. The van der Waals surface area contributed by atoms with Crippen LogP contribution in [-0.2, 0) is 11.2 Å². The van der Waals surface area contributed by atoms with Gasteiger partial charge in [-0.05, 0) is 24.3 Å². The van der Waals surface area contributed by atoms with Crippen molar-refractivity contribution in [2.75, 3.05) is 30.3 Å². The van der Waals surface area contributed by atoms with Gasteiger partial charge in [-0.15, -0.1) is 0 Å². The lowest BCUT2D eigenvalue weighted by Crippen LogP contribution is -2.34. The molecule has 1 amide bonds. The normalized spacial score (nSPS) is 16.6. The second kappa shape index (κ2) is 5.91. The molecule has 1 saturated heterocycles. The summed E-state index contributed by atoms with van der Waals surface area (Å²) in [6, 6.07) is 3.60. The Hall–Kier alpha value is -1.23. The quantitative estimate of drug-likeness (QED) is 0.857. The predicted octanol–water partition coefficient (Wildman–Crippen LogP) is 1.17. The van der Waals surface area contributed by atoms with E-state index in [-0.39, 0.29) is 5.91 Å². The summed E-state index contributed by atoms with van der Waals surface area (Å²) in [6.45, 7) is 1.74. The molecule has 2 rings (SSSR count). The number of hydrogen-bond donors (Lipinski definition) is 1. The van der Waals surface area contributed by atoms with Gasteiger partial charge in [-0.2, -0.15) is 11.8 Å². The second-order valence-electron chi connectivity index (χ2n) is 4.11. The fraction of sp³-hybridized carbons (Fsp3) is 0.500. The van der Waals surface area contributed by atoms with Crippen molar-refractivity contribution in [3.8, 4) is 0 Å². The third-order valence-electron chi connectivity index (χ3n) is 2.75. The number of rotatable bonds is 2. The Morgan fingerprint density at radius 3 is 3.06 bits per heavy atom. The van der Waals surface area contributed by atoms with E-state index in [0.717, 1.165) is 36.7 Å². The van der Waals surface area contributed by atoms with Crippen LogP contribution in [0.3, 0.4) is 0 Å². The molecule has 1 aromatic heterocycles. The molecule has 1 aromatic rings. The van der Waals surface area contributed by atoms with Crippen LogP contribution in [0, 0.1) is 0 Å². The third kappa shape index (κ3) is 3.63. The molecule has 0 atom stereocenters. The van der Waals surface area contributed by atoms with Crippen LogP contribution in [0.15, 0.2) is 18.3 Å². The lowest BCUT2D eigenvalue weighted by molar-refractivity contribution is -0.130. The number of nitrogen functional groups attached to an aromatic ring is 1. The molecule has 1 aliphatic rings. The number of hydrogen-bond acceptors (Lipinski definition) is 4. The van der Waals surface area contributed by atoms with Gasteiger partial charge >= 0.3 is 0 Å². The number of pyridine rings is 1. The lowest BCUT2D eigenvalue weighted by atomic mass is 10.2. The van der Waals surface area contributed by atoms with Crippen molar-refractivity contribution < 1.29 is 4.79 Å². The third-order valence-corrected chi connectivity index (χ3v) is 3.80. The minimum absolute atomic E-state index is 0.171. The van der Waals surface area contributed by atoms with E-state index in [1.165, 1.54) is 0 Å². The molecule has 2 N–H and O–H groups in total. The minimum atomic E-state index is 0.171. The van der Waals surface area contributed by atoms with Crippen LogP contribution in [0.2, 0.25) is 0 Å². The van der Waals surface area contributed by atoms with Crippen LogP contribution in [-0.4, -0.2) is 40.4 Å². The van der Waals surface area contributed by atoms with Gasteiger partial charge in [0.05, 0.1) is 18.3 Å². The molecular weight excluding hydrogens is 234 g/mol. The Labute approximate surface area is 106 Å². The van der Waals surface area contributed by atoms with Gasteiger partial charge in [-0.3, -0.25) is 9.78 Å². The highest BCUT2D eigenvalue weighted by Crippen LogP contribution is 2.11. The molecule has 0 aliphatic carbocycles. The van der Waals surface area contributed by atoms with Crippen LogP contribution in [0.5, 0.6) is 0 Å². The average Bonchev–Trinajstić information content (AvgIpc) is 2.61. The van der Waals surface area contributed by atoms with Crippen molar-refractivity contribution in [2.45, 2.75) is 12.8 Å².